The van der Waals surface area contributed by atoms with Crippen molar-refractivity contribution in [1.29, 1.82) is 0 Å². The van der Waals surface area contributed by atoms with E-state index in [1.165, 1.54) is 0 Å². The molecule has 0 aliphatic carbocycles. The summed E-state index contributed by atoms with van der Waals surface area (Å²) >= 11 is 6.22. The first-order chi connectivity index (χ1) is 10.2. The maximum absolute atomic E-state index is 6.22. The van der Waals surface area contributed by atoms with E-state index in [-0.39, 0.29) is 6.04 Å². The van der Waals surface area contributed by atoms with Crippen molar-refractivity contribution in [1.82, 2.24) is 0 Å². The number of nitrogens with two attached hydrogens (primary N) is 1. The average Bonchev–Trinajstić information content (AvgIpc) is 2.48. The van der Waals surface area contributed by atoms with Crippen LogP contribution in [0.5, 0.6) is 5.75 Å². The van der Waals surface area contributed by atoms with Gasteiger partial charge in [-0.2, -0.15) is 0 Å². The molecule has 1 aromatic carbocycles. The molecule has 1 rings (SSSR count). The van der Waals surface area contributed by atoms with Crippen molar-refractivity contribution in [2.24, 2.45) is 5.73 Å². The van der Waals surface area contributed by atoms with Gasteiger partial charge >= 0.3 is 0 Å². The molecule has 4 nitrogen and oxygen atoms in total. The molecule has 21 heavy (non-hydrogen) atoms. The lowest BCUT2D eigenvalue weighted by molar-refractivity contribution is 0.0644. The molecule has 120 valence electrons. The van der Waals surface area contributed by atoms with Crippen molar-refractivity contribution < 1.29 is 14.2 Å². The Hall–Kier alpha value is -0.810. The van der Waals surface area contributed by atoms with E-state index in [0.29, 0.717) is 31.5 Å². The van der Waals surface area contributed by atoms with E-state index in [0.717, 1.165) is 30.6 Å². The zero-order chi connectivity index (χ0) is 15.5. The van der Waals surface area contributed by atoms with E-state index in [4.69, 9.17) is 31.5 Å². The Kier molecular flexibility index (Phi) is 9.42. The van der Waals surface area contributed by atoms with Crippen LogP contribution in [0.2, 0.25) is 5.02 Å². The first kappa shape index (κ1) is 18.2. The van der Waals surface area contributed by atoms with Crippen LogP contribution in [0.1, 0.15) is 25.3 Å². The Morgan fingerprint density at radius 2 is 2.00 bits per heavy atom. The van der Waals surface area contributed by atoms with Crippen LogP contribution in [0.3, 0.4) is 0 Å². The number of halogens is 1. The van der Waals surface area contributed by atoms with E-state index in [1.54, 1.807) is 7.11 Å². The Morgan fingerprint density at radius 1 is 1.19 bits per heavy atom. The maximum Gasteiger partial charge on any atom is 0.141 e. The molecule has 0 saturated heterocycles. The lowest BCUT2D eigenvalue weighted by atomic mass is 10.0. The topological polar surface area (TPSA) is 53.7 Å². The van der Waals surface area contributed by atoms with Crippen LogP contribution in [0.15, 0.2) is 18.2 Å². The fourth-order valence-electron chi connectivity index (χ4n) is 1.88. The highest BCUT2D eigenvalue weighted by Gasteiger charge is 2.11. The zero-order valence-electron chi connectivity index (χ0n) is 12.9. The summed E-state index contributed by atoms with van der Waals surface area (Å²) in [5, 5.41) is 0.635. The van der Waals surface area contributed by atoms with Gasteiger partial charge in [-0.05, 0) is 24.5 Å². The van der Waals surface area contributed by atoms with Crippen LogP contribution < -0.4 is 10.5 Å². The van der Waals surface area contributed by atoms with E-state index in [2.05, 4.69) is 6.92 Å². The molecular weight excluding hydrogens is 290 g/mol. The largest absolute Gasteiger partial charge is 0.492 e. The van der Waals surface area contributed by atoms with Crippen LogP contribution in [0.25, 0.3) is 0 Å². The van der Waals surface area contributed by atoms with Gasteiger partial charge in [0.15, 0.2) is 0 Å². The molecule has 0 heterocycles. The number of benzene rings is 1. The molecule has 0 spiro atoms. The lowest BCUT2D eigenvalue weighted by Gasteiger charge is -2.15. The molecule has 0 radical (unpaired) electrons. The van der Waals surface area contributed by atoms with Crippen LogP contribution in [0, 0.1) is 0 Å². The zero-order valence-corrected chi connectivity index (χ0v) is 13.7. The molecule has 1 aromatic rings. The van der Waals surface area contributed by atoms with Gasteiger partial charge in [-0.15, -0.1) is 0 Å². The molecule has 0 bridgehead atoms. The Bertz CT molecular complexity index is 401. The molecule has 0 fully saturated rings. The molecule has 1 atom stereocenters. The summed E-state index contributed by atoms with van der Waals surface area (Å²) in [4.78, 5) is 0. The maximum atomic E-state index is 6.22. The number of methoxy groups -OCH3 is 1. The van der Waals surface area contributed by atoms with Crippen molar-refractivity contribution in [3.8, 4) is 5.75 Å². The van der Waals surface area contributed by atoms with Gasteiger partial charge < -0.3 is 19.9 Å². The van der Waals surface area contributed by atoms with Crippen molar-refractivity contribution in [3.63, 3.8) is 0 Å². The normalized spacial score (nSPS) is 12.4. The molecule has 0 aliphatic rings. The molecule has 0 amide bonds. The second-order valence-corrected chi connectivity index (χ2v) is 5.31. The van der Waals surface area contributed by atoms with Crippen LogP contribution in [-0.4, -0.2) is 39.6 Å². The van der Waals surface area contributed by atoms with E-state index in [1.807, 2.05) is 18.2 Å². The Morgan fingerprint density at radius 3 is 2.71 bits per heavy atom. The van der Waals surface area contributed by atoms with Crippen molar-refractivity contribution >= 4 is 11.6 Å². The fraction of sp³-hybridized carbons (Fsp3) is 0.625. The lowest BCUT2D eigenvalue weighted by Crippen LogP contribution is -2.21. The van der Waals surface area contributed by atoms with Gasteiger partial charge in [0.25, 0.3) is 0 Å². The number of rotatable bonds is 11. The van der Waals surface area contributed by atoms with Crippen LogP contribution >= 0.6 is 11.6 Å². The minimum Gasteiger partial charge on any atom is -0.492 e. The predicted octanol–water partition coefficient (Wildman–Crippen LogP) is 3.05. The summed E-state index contributed by atoms with van der Waals surface area (Å²) in [6, 6.07) is 5.92. The van der Waals surface area contributed by atoms with Gasteiger partial charge in [-0.25, -0.2) is 0 Å². The fourth-order valence-corrected chi connectivity index (χ4v) is 2.13. The third-order valence-electron chi connectivity index (χ3n) is 3.17. The number of ether oxygens (including phenoxy) is 3. The third-order valence-corrected chi connectivity index (χ3v) is 3.46. The smallest absolute Gasteiger partial charge is 0.141 e. The highest BCUT2D eigenvalue weighted by molar-refractivity contribution is 6.32. The number of para-hydroxylation sites is 1. The van der Waals surface area contributed by atoms with Crippen LogP contribution in [-0.2, 0) is 15.9 Å². The third kappa shape index (κ3) is 7.14. The first-order valence-electron chi connectivity index (χ1n) is 7.41. The van der Waals surface area contributed by atoms with Gasteiger partial charge in [-0.3, -0.25) is 0 Å². The molecule has 0 aliphatic heterocycles. The summed E-state index contributed by atoms with van der Waals surface area (Å²) in [5.41, 5.74) is 7.08. The van der Waals surface area contributed by atoms with Gasteiger partial charge in [-0.1, -0.05) is 30.7 Å². The summed E-state index contributed by atoms with van der Waals surface area (Å²) in [5.74, 6) is 0.750. The molecule has 0 saturated carbocycles. The SMILES string of the molecule is CCC(N)Cc1cccc(Cl)c1OCCCOCCOC. The molecule has 0 aromatic heterocycles. The van der Waals surface area contributed by atoms with Crippen molar-refractivity contribution in [3.05, 3.63) is 28.8 Å². The summed E-state index contributed by atoms with van der Waals surface area (Å²) in [6.07, 6.45) is 2.52. The first-order valence-corrected chi connectivity index (χ1v) is 7.79. The molecule has 5 heteroatoms. The summed E-state index contributed by atoms with van der Waals surface area (Å²) in [6.45, 7) is 4.53. The highest BCUT2D eigenvalue weighted by Crippen LogP contribution is 2.29. The molecule has 1 unspecified atom stereocenters. The monoisotopic (exact) mass is 315 g/mol. The minimum absolute atomic E-state index is 0.128. The number of hydrogen-bond donors (Lipinski definition) is 1. The number of hydrogen-bond acceptors (Lipinski definition) is 4. The second kappa shape index (κ2) is 10.9. The van der Waals surface area contributed by atoms with Crippen molar-refractivity contribution in [2.45, 2.75) is 32.2 Å². The molecule has 2 N–H and O–H groups in total. The Balaban J connectivity index is 2.42. The minimum atomic E-state index is 0.128. The van der Waals surface area contributed by atoms with E-state index >= 15 is 0 Å². The van der Waals surface area contributed by atoms with Gasteiger partial charge in [0.2, 0.25) is 0 Å². The van der Waals surface area contributed by atoms with Crippen LogP contribution in [0.4, 0.5) is 0 Å². The predicted molar refractivity (Wildman–Crippen MR) is 86.2 cm³/mol. The standard InChI is InChI=1S/C16H26ClNO3/c1-3-14(18)12-13-6-4-7-15(17)16(13)21-9-5-8-20-11-10-19-2/h4,6-7,14H,3,5,8-12,18H2,1-2H3. The average molecular weight is 316 g/mol. The van der Waals surface area contributed by atoms with Crippen molar-refractivity contribution in [2.75, 3.05) is 33.5 Å². The van der Waals surface area contributed by atoms with Gasteiger partial charge in [0.05, 0.1) is 24.8 Å². The summed E-state index contributed by atoms with van der Waals surface area (Å²) in [7, 11) is 1.66. The second-order valence-electron chi connectivity index (χ2n) is 4.91. The molecular formula is C16H26ClNO3. The van der Waals surface area contributed by atoms with E-state index < -0.39 is 0 Å². The summed E-state index contributed by atoms with van der Waals surface area (Å²) < 4.78 is 16.1. The highest BCUT2D eigenvalue weighted by atomic mass is 35.5. The van der Waals surface area contributed by atoms with E-state index in [9.17, 15) is 0 Å². The van der Waals surface area contributed by atoms with Gasteiger partial charge in [0, 0.05) is 26.2 Å². The quantitative estimate of drug-likeness (QED) is 0.638. The van der Waals surface area contributed by atoms with Gasteiger partial charge in [0.1, 0.15) is 5.75 Å². The Labute approximate surface area is 132 Å².